The van der Waals surface area contributed by atoms with Crippen LogP contribution in [0.4, 0.5) is 172 Å². The predicted octanol–water partition coefficient (Wildman–Crippen LogP) is 11.8. The van der Waals surface area contributed by atoms with Crippen LogP contribution in [0.2, 0.25) is 0 Å². The van der Waals surface area contributed by atoms with E-state index in [-0.39, 0.29) is 0 Å². The minimum Gasteiger partial charge on any atom is -0.198 e. The number of alkyl halides is 33. The molecule has 0 N–H and O–H groups in total. The first-order valence-electron chi connectivity index (χ1n) is 11.9. The molecule has 59 heavy (non-hydrogen) atoms. The van der Waals surface area contributed by atoms with Crippen LogP contribution in [-0.4, -0.2) is 118 Å². The summed E-state index contributed by atoms with van der Waals surface area (Å²) in [5.41, 5.74) is -9.35. The smallest absolute Gasteiger partial charge is 0.198 e. The fourth-order valence-corrected chi connectivity index (χ4v) is 5.00. The highest BCUT2D eigenvalue weighted by atomic mass is 28.4. The van der Waals surface area contributed by atoms with Crippen molar-refractivity contribution in [2.45, 2.75) is 94.6 Å². The van der Waals surface area contributed by atoms with Crippen molar-refractivity contribution < 1.29 is 172 Å². The quantitative estimate of drug-likeness (QED) is 0.0770. The maximum Gasteiger partial charge on any atom is 0.570 e. The Balaban J connectivity index is 7.99. The van der Waals surface area contributed by atoms with Gasteiger partial charge in [-0.1, -0.05) is 0 Å². The highest BCUT2D eigenvalue weighted by Gasteiger charge is 3.03. The van der Waals surface area contributed by atoms with Crippen LogP contribution in [0.1, 0.15) is 0 Å². The average Bonchev–Trinajstić information content (AvgIpc) is 2.98. The third kappa shape index (κ3) is 6.21. The second kappa shape index (κ2) is 13.9. The molecule has 0 amide bonds. The Labute approximate surface area is 291 Å². The van der Waals surface area contributed by atoms with E-state index in [1.54, 1.807) is 0 Å². The first kappa shape index (κ1) is 56.4. The van der Waals surface area contributed by atoms with Gasteiger partial charge in [-0.3, -0.25) is 0 Å². The first-order valence-corrected chi connectivity index (χ1v) is 13.8. The predicted molar refractivity (Wildman–Crippen MR) is 98.2 cm³/mol. The maximum absolute atomic E-state index is 13.9. The Kier molecular flexibility index (Phi) is 13.3. The van der Waals surface area contributed by atoms with Crippen LogP contribution in [0.3, 0.4) is 0 Å². The molecule has 0 aliphatic heterocycles. The lowest BCUT2D eigenvalue weighted by Gasteiger charge is -2.47. The van der Waals surface area contributed by atoms with Crippen molar-refractivity contribution in [3.05, 3.63) is 0 Å². The Bertz CT molecular complexity index is 1480. The largest absolute Gasteiger partial charge is 0.570 e. The van der Waals surface area contributed by atoms with Crippen molar-refractivity contribution in [1.82, 2.24) is 15.0 Å². The number of halogens is 39. The van der Waals surface area contributed by atoms with E-state index in [9.17, 15) is 172 Å². The molecule has 356 valence electrons. The number of rotatable bonds is 18. The zero-order chi connectivity index (χ0) is 49.2. The monoisotopic (exact) mass is 1000 g/mol. The van der Waals surface area contributed by atoms with Crippen molar-refractivity contribution in [3.63, 3.8) is 0 Å². The van der Waals surface area contributed by atoms with Gasteiger partial charge in [0, 0.05) is 15.0 Å². The lowest BCUT2D eigenvalue weighted by Crippen LogP contribution is -2.83. The van der Waals surface area contributed by atoms with Crippen molar-refractivity contribution in [2.24, 2.45) is 0 Å². The molecule has 0 saturated heterocycles. The van der Waals surface area contributed by atoms with Crippen LogP contribution in [0.15, 0.2) is 0 Å². The average molecular weight is 1000 g/mol. The Morgan fingerprint density at radius 3 is 0.424 bits per heavy atom. The van der Waals surface area contributed by atoms with Crippen LogP contribution >= 0.6 is 0 Å². The molecule has 0 atom stereocenters. The molecule has 0 aromatic carbocycles. The molecule has 0 unspecified atom stereocenters. The van der Waals surface area contributed by atoms with Gasteiger partial charge >= 0.3 is 103 Å². The third-order valence-corrected chi connectivity index (χ3v) is 9.58. The Hall–Kier alpha value is -2.63. The molecule has 0 aromatic rings. The van der Waals surface area contributed by atoms with Gasteiger partial charge in [0.1, 0.15) is 0 Å². The van der Waals surface area contributed by atoms with Gasteiger partial charge in [-0.25, -0.2) is 0 Å². The highest BCUT2D eigenvalue weighted by Crippen LogP contribution is 2.70. The number of nitrogens with zero attached hydrogens (tertiary/aromatic N) is 3. The summed E-state index contributed by atoms with van der Waals surface area (Å²) in [5, 5.41) is -14.2. The van der Waals surface area contributed by atoms with Crippen molar-refractivity contribution in [1.29, 1.82) is 0 Å². The first-order chi connectivity index (χ1) is 24.8. The standard InChI is InChI=1S/C16F39N3Si/c17-1(18,3(21,22)5(25,26)7(29,30)9(33,34)11(37,38)13(41,42)15(45,46)47)2(19,20)4(23,24)6(27,28)8(31,32)10(35,36)12(39,40)14(43,44)16(48,49)59(56(50)51,57(52)53)58(54)55. The van der Waals surface area contributed by atoms with E-state index in [4.69, 9.17) is 0 Å². The van der Waals surface area contributed by atoms with Crippen molar-refractivity contribution >= 4 is 8.56 Å². The summed E-state index contributed by atoms with van der Waals surface area (Å²) in [6, 6.07) is 0. The molecule has 0 heterocycles. The Morgan fingerprint density at radius 2 is 0.305 bits per heavy atom. The molecular formula is C16F39N3Si. The summed E-state index contributed by atoms with van der Waals surface area (Å²) < 4.78 is 523. The molecule has 0 aliphatic carbocycles. The zero-order valence-corrected chi connectivity index (χ0v) is 25.6. The summed E-state index contributed by atoms with van der Waals surface area (Å²) in [6.07, 6.45) is -8.49. The zero-order valence-electron chi connectivity index (χ0n) is 24.6. The second-order valence-corrected chi connectivity index (χ2v) is 13.4. The second-order valence-electron chi connectivity index (χ2n) is 10.4. The van der Waals surface area contributed by atoms with Gasteiger partial charge < -0.3 is 0 Å². The van der Waals surface area contributed by atoms with E-state index in [1.165, 1.54) is 0 Å². The maximum atomic E-state index is 13.9. The summed E-state index contributed by atoms with van der Waals surface area (Å²) in [7, 11) is -10.5. The summed E-state index contributed by atoms with van der Waals surface area (Å²) in [6.45, 7) is 0. The van der Waals surface area contributed by atoms with Crippen molar-refractivity contribution in [2.75, 3.05) is 0 Å². The molecule has 0 spiro atoms. The fraction of sp³-hybridized carbons (Fsp3) is 1.00. The molecule has 0 radical (unpaired) electrons. The summed E-state index contributed by atoms with van der Waals surface area (Å²) in [5.74, 6) is -142. The molecule has 0 aromatic heterocycles. The van der Waals surface area contributed by atoms with E-state index >= 15 is 0 Å². The van der Waals surface area contributed by atoms with Crippen LogP contribution in [0.5, 0.6) is 0 Å². The van der Waals surface area contributed by atoms with Gasteiger partial charge in [0.05, 0.1) is 0 Å². The molecule has 0 rings (SSSR count). The minimum absolute atomic E-state index is 4.73. The van der Waals surface area contributed by atoms with Crippen LogP contribution < -0.4 is 0 Å². The van der Waals surface area contributed by atoms with Gasteiger partial charge in [-0.05, 0) is 0 Å². The van der Waals surface area contributed by atoms with E-state index < -0.39 is 118 Å². The fourth-order valence-electron chi connectivity index (χ4n) is 3.44. The van der Waals surface area contributed by atoms with Gasteiger partial charge in [0.15, 0.2) is 0 Å². The van der Waals surface area contributed by atoms with Crippen LogP contribution in [0.25, 0.3) is 0 Å². The van der Waals surface area contributed by atoms with Gasteiger partial charge in [-0.15, -0.1) is 26.9 Å². The van der Waals surface area contributed by atoms with E-state index in [1.807, 2.05) is 0 Å². The lowest BCUT2D eigenvalue weighted by atomic mass is 9.83. The summed E-state index contributed by atoms with van der Waals surface area (Å²) in [4.78, 5) is 0. The normalized spacial score (nSPS) is 17.2. The van der Waals surface area contributed by atoms with Gasteiger partial charge in [0.2, 0.25) is 0 Å². The molecular weight excluding hydrogens is 1000 g/mol. The Morgan fingerprint density at radius 1 is 0.186 bits per heavy atom. The molecule has 3 nitrogen and oxygen atoms in total. The molecule has 43 heteroatoms. The molecule has 0 saturated carbocycles. The van der Waals surface area contributed by atoms with Crippen LogP contribution in [0, 0.1) is 0 Å². The topological polar surface area (TPSA) is 9.72 Å². The molecule has 0 aliphatic rings. The SMILES string of the molecule is FN(F)[Si](N(F)F)(N(F)F)C(F)(F)C(F)(F)C(F)(F)C(F)(F)C(F)(F)C(F)(F)C(F)(F)C(F)(F)C(F)(F)C(F)(F)C(F)(F)C(F)(F)C(F)(F)C(F)(F)C(F)(F)C(F)(F)F. The number of hydrogen-bond donors (Lipinski definition) is 0. The molecule has 0 fully saturated rings. The van der Waals surface area contributed by atoms with Gasteiger partial charge in [0.25, 0.3) is 0 Å². The van der Waals surface area contributed by atoms with E-state index in [0.29, 0.717) is 0 Å². The highest BCUT2D eigenvalue weighted by molar-refractivity contribution is 6.72. The third-order valence-electron chi connectivity index (χ3n) is 7.01. The van der Waals surface area contributed by atoms with Crippen LogP contribution in [-0.2, 0) is 0 Å². The van der Waals surface area contributed by atoms with E-state index in [2.05, 4.69) is 0 Å². The van der Waals surface area contributed by atoms with Crippen molar-refractivity contribution in [3.8, 4) is 0 Å². The van der Waals surface area contributed by atoms with Gasteiger partial charge in [-0.2, -0.15) is 145 Å². The number of hydrogen-bond acceptors (Lipinski definition) is 3. The summed E-state index contributed by atoms with van der Waals surface area (Å²) >= 11 is 0. The molecule has 0 bridgehead atoms. The minimum atomic E-state index is -10.5. The lowest BCUT2D eigenvalue weighted by molar-refractivity contribution is -0.490. The van der Waals surface area contributed by atoms with E-state index in [0.717, 1.165) is 0 Å².